The van der Waals surface area contributed by atoms with E-state index in [-0.39, 0.29) is 5.92 Å². The molecule has 0 heterocycles. The van der Waals surface area contributed by atoms with Gasteiger partial charge in [0.2, 0.25) is 0 Å². The number of rotatable bonds is 2. The molecule has 0 amide bonds. The van der Waals surface area contributed by atoms with Gasteiger partial charge in [-0.05, 0) is 23.6 Å². The highest BCUT2D eigenvalue weighted by Crippen LogP contribution is 2.29. The molecule has 1 aromatic rings. The monoisotopic (exact) mass is 231 g/mol. The summed E-state index contributed by atoms with van der Waals surface area (Å²) in [6.07, 6.45) is -4.34. The van der Waals surface area contributed by atoms with Gasteiger partial charge in [0.25, 0.3) is 0 Å². The van der Waals surface area contributed by atoms with Gasteiger partial charge in [0.1, 0.15) is 0 Å². The average molecular weight is 231 g/mol. The molecule has 0 saturated heterocycles. The Bertz CT molecular complexity index is 379. The molecule has 2 nitrogen and oxygen atoms in total. The summed E-state index contributed by atoms with van der Waals surface area (Å²) in [4.78, 5) is 0. The van der Waals surface area contributed by atoms with Crippen LogP contribution < -0.4 is 0 Å². The van der Waals surface area contributed by atoms with E-state index in [9.17, 15) is 13.2 Å². The number of benzene rings is 1. The third-order valence-corrected chi connectivity index (χ3v) is 2.16. The second kappa shape index (κ2) is 4.55. The van der Waals surface area contributed by atoms with Crippen LogP contribution in [0.5, 0.6) is 0 Å². The van der Waals surface area contributed by atoms with Gasteiger partial charge < -0.3 is 5.21 Å². The van der Waals surface area contributed by atoms with Gasteiger partial charge in [-0.15, -0.1) is 0 Å². The lowest BCUT2D eigenvalue weighted by atomic mass is 9.99. The van der Waals surface area contributed by atoms with Crippen molar-refractivity contribution in [3.05, 3.63) is 35.4 Å². The van der Waals surface area contributed by atoms with E-state index in [0.717, 1.165) is 12.1 Å². The predicted molar refractivity (Wildman–Crippen MR) is 54.6 cm³/mol. The van der Waals surface area contributed by atoms with Crippen LogP contribution in [0.1, 0.15) is 25.0 Å². The quantitative estimate of drug-likeness (QED) is 0.471. The smallest absolute Gasteiger partial charge is 0.411 e. The summed E-state index contributed by atoms with van der Waals surface area (Å²) >= 11 is 0. The highest BCUT2D eigenvalue weighted by atomic mass is 19.4. The second-order valence-corrected chi connectivity index (χ2v) is 3.72. The van der Waals surface area contributed by atoms with Crippen LogP contribution in [0.15, 0.2) is 29.4 Å². The minimum Gasteiger partial charge on any atom is -0.411 e. The van der Waals surface area contributed by atoms with Crippen LogP contribution in [0.3, 0.4) is 0 Å². The van der Waals surface area contributed by atoms with Gasteiger partial charge in [-0.2, -0.15) is 13.2 Å². The van der Waals surface area contributed by atoms with Crippen LogP contribution in [0.25, 0.3) is 0 Å². The molecular formula is C11H12F3NO. The molecule has 5 heteroatoms. The van der Waals surface area contributed by atoms with Gasteiger partial charge >= 0.3 is 6.18 Å². The lowest BCUT2D eigenvalue weighted by molar-refractivity contribution is -0.137. The Labute approximate surface area is 91.4 Å². The standard InChI is InChI=1S/C11H12F3NO/c1-7(2)10(15-16)8-3-5-9(6-4-8)11(12,13)14/h3-7,16H,1-2H3/b15-10+. The molecule has 0 fully saturated rings. The van der Waals surface area contributed by atoms with E-state index in [4.69, 9.17) is 5.21 Å². The molecule has 1 rings (SSSR count). The predicted octanol–water partition coefficient (Wildman–Crippen LogP) is 3.54. The van der Waals surface area contributed by atoms with Crippen LogP contribution in [0, 0.1) is 5.92 Å². The zero-order valence-electron chi connectivity index (χ0n) is 8.92. The number of oxime groups is 1. The van der Waals surface area contributed by atoms with Crippen LogP contribution >= 0.6 is 0 Å². The third-order valence-electron chi connectivity index (χ3n) is 2.16. The molecule has 0 atom stereocenters. The maximum Gasteiger partial charge on any atom is 0.416 e. The van der Waals surface area contributed by atoms with E-state index in [1.807, 2.05) is 0 Å². The largest absolute Gasteiger partial charge is 0.416 e. The SMILES string of the molecule is CC(C)/C(=N\O)c1ccc(C(F)(F)F)cc1. The van der Waals surface area contributed by atoms with Gasteiger partial charge in [-0.1, -0.05) is 31.1 Å². The lowest BCUT2D eigenvalue weighted by Crippen LogP contribution is -2.10. The van der Waals surface area contributed by atoms with Gasteiger partial charge in [0, 0.05) is 0 Å². The first kappa shape index (κ1) is 12.5. The number of hydrogen-bond donors (Lipinski definition) is 1. The van der Waals surface area contributed by atoms with E-state index in [1.165, 1.54) is 12.1 Å². The molecule has 88 valence electrons. The fourth-order valence-electron chi connectivity index (χ4n) is 1.34. The normalized spacial score (nSPS) is 13.2. The third kappa shape index (κ3) is 2.74. The van der Waals surface area contributed by atoms with Crippen molar-refractivity contribution in [1.82, 2.24) is 0 Å². The summed E-state index contributed by atoms with van der Waals surface area (Å²) in [6.45, 7) is 3.60. The first-order chi connectivity index (χ1) is 7.36. The second-order valence-electron chi connectivity index (χ2n) is 3.72. The Morgan fingerprint density at radius 3 is 2.00 bits per heavy atom. The number of alkyl halides is 3. The van der Waals surface area contributed by atoms with E-state index in [1.54, 1.807) is 13.8 Å². The summed E-state index contributed by atoms with van der Waals surface area (Å²) < 4.78 is 36.8. The van der Waals surface area contributed by atoms with Crippen molar-refractivity contribution in [2.24, 2.45) is 11.1 Å². The van der Waals surface area contributed by atoms with Crippen LogP contribution in [0.4, 0.5) is 13.2 Å². The highest BCUT2D eigenvalue weighted by Gasteiger charge is 2.30. The molecule has 0 radical (unpaired) electrons. The number of nitrogens with zero attached hydrogens (tertiary/aromatic N) is 1. The van der Waals surface area contributed by atoms with E-state index >= 15 is 0 Å². The zero-order valence-corrected chi connectivity index (χ0v) is 8.92. The molecular weight excluding hydrogens is 219 g/mol. The van der Waals surface area contributed by atoms with Crippen molar-refractivity contribution in [3.63, 3.8) is 0 Å². The Hall–Kier alpha value is -1.52. The Morgan fingerprint density at radius 1 is 1.19 bits per heavy atom. The van der Waals surface area contributed by atoms with Crippen molar-refractivity contribution in [2.45, 2.75) is 20.0 Å². The van der Waals surface area contributed by atoms with Gasteiger partial charge in [0.15, 0.2) is 0 Å². The molecule has 16 heavy (non-hydrogen) atoms. The van der Waals surface area contributed by atoms with E-state index < -0.39 is 11.7 Å². The van der Waals surface area contributed by atoms with Crippen LogP contribution in [0.2, 0.25) is 0 Å². The van der Waals surface area contributed by atoms with Gasteiger partial charge in [0.05, 0.1) is 11.3 Å². The minimum absolute atomic E-state index is 0.0539. The first-order valence-corrected chi connectivity index (χ1v) is 4.76. The Kier molecular flexibility index (Phi) is 3.57. The van der Waals surface area contributed by atoms with Gasteiger partial charge in [-0.3, -0.25) is 0 Å². The molecule has 0 saturated carbocycles. The minimum atomic E-state index is -4.34. The fraction of sp³-hybridized carbons (Fsp3) is 0.364. The lowest BCUT2D eigenvalue weighted by Gasteiger charge is -2.10. The maximum atomic E-state index is 12.3. The van der Waals surface area contributed by atoms with E-state index in [0.29, 0.717) is 11.3 Å². The maximum absolute atomic E-state index is 12.3. The Balaban J connectivity index is 3.04. The average Bonchev–Trinajstić information content (AvgIpc) is 2.17. The van der Waals surface area contributed by atoms with Crippen molar-refractivity contribution >= 4 is 5.71 Å². The summed E-state index contributed by atoms with van der Waals surface area (Å²) in [5.74, 6) is -0.0539. The topological polar surface area (TPSA) is 32.6 Å². The zero-order chi connectivity index (χ0) is 12.3. The molecule has 0 aliphatic rings. The summed E-state index contributed by atoms with van der Waals surface area (Å²) in [6, 6.07) is 4.56. The fourth-order valence-corrected chi connectivity index (χ4v) is 1.34. The Morgan fingerprint density at radius 2 is 1.69 bits per heavy atom. The number of hydrogen-bond acceptors (Lipinski definition) is 2. The highest BCUT2D eigenvalue weighted by molar-refractivity contribution is 6.01. The molecule has 0 aliphatic carbocycles. The summed E-state index contributed by atoms with van der Waals surface area (Å²) in [7, 11) is 0. The molecule has 0 spiro atoms. The summed E-state index contributed by atoms with van der Waals surface area (Å²) in [5.41, 5.74) is 0.150. The number of halogens is 3. The molecule has 0 unspecified atom stereocenters. The van der Waals surface area contributed by atoms with Crippen molar-refractivity contribution in [2.75, 3.05) is 0 Å². The van der Waals surface area contributed by atoms with Crippen LogP contribution in [-0.4, -0.2) is 10.9 Å². The van der Waals surface area contributed by atoms with Crippen LogP contribution in [-0.2, 0) is 6.18 Å². The van der Waals surface area contributed by atoms with E-state index in [2.05, 4.69) is 5.16 Å². The molecule has 1 N–H and O–H groups in total. The van der Waals surface area contributed by atoms with Gasteiger partial charge in [-0.25, -0.2) is 0 Å². The van der Waals surface area contributed by atoms with Crippen molar-refractivity contribution in [1.29, 1.82) is 0 Å². The first-order valence-electron chi connectivity index (χ1n) is 4.76. The molecule has 0 bridgehead atoms. The van der Waals surface area contributed by atoms with Crippen molar-refractivity contribution < 1.29 is 18.4 Å². The molecule has 0 aliphatic heterocycles. The molecule has 0 aromatic heterocycles. The van der Waals surface area contributed by atoms with Crippen molar-refractivity contribution in [3.8, 4) is 0 Å². The molecule has 1 aromatic carbocycles. The summed E-state index contributed by atoms with van der Waals surface area (Å²) in [5, 5.41) is 11.8.